The maximum Gasteiger partial charge on any atom is 0.176 e. The number of aromatic nitrogens is 3. The van der Waals surface area contributed by atoms with Crippen LogP contribution in [0.5, 0.6) is 0 Å². The summed E-state index contributed by atoms with van der Waals surface area (Å²) in [6.07, 6.45) is 6.27. The van der Waals surface area contributed by atoms with Crippen LogP contribution in [-0.2, 0) is 4.79 Å². The lowest BCUT2D eigenvalue weighted by atomic mass is 9.74. The Bertz CT molecular complexity index is 1020. The van der Waals surface area contributed by atoms with Gasteiger partial charge in [-0.1, -0.05) is 46.1 Å². The smallest absolute Gasteiger partial charge is 0.176 e. The van der Waals surface area contributed by atoms with Crippen LogP contribution in [0.25, 0.3) is 0 Å². The van der Waals surface area contributed by atoms with Crippen molar-refractivity contribution in [2.24, 2.45) is 5.10 Å². The van der Waals surface area contributed by atoms with Crippen LogP contribution in [0.15, 0.2) is 76.5 Å². The number of H-pyrrole nitrogens is 1. The molecule has 7 nitrogen and oxygen atoms in total. The van der Waals surface area contributed by atoms with E-state index >= 15 is 0 Å². The molecular weight excluding hydrogens is 347 g/mol. The van der Waals surface area contributed by atoms with Gasteiger partial charge in [0.05, 0.1) is 18.7 Å². The molecule has 2 aromatic rings. The van der Waals surface area contributed by atoms with Crippen molar-refractivity contribution in [1.29, 1.82) is 0 Å². The highest BCUT2D eigenvalue weighted by molar-refractivity contribution is 5.97. The van der Waals surface area contributed by atoms with E-state index in [9.17, 15) is 9.28 Å². The molecule has 8 heteroatoms. The molecule has 5 rings (SSSR count). The van der Waals surface area contributed by atoms with Crippen LogP contribution < -0.4 is 5.32 Å². The van der Waals surface area contributed by atoms with Crippen molar-refractivity contribution in [1.82, 2.24) is 25.7 Å². The number of nitrogens with zero attached hydrogens (tertiary/aromatic N) is 4. The molecule has 1 aliphatic carbocycles. The Hall–Kier alpha value is -3.55. The number of carbonyl (C=O) groups excluding carboxylic acids is 1. The van der Waals surface area contributed by atoms with Crippen LogP contribution in [0.2, 0.25) is 0 Å². The maximum atomic E-state index is 14.4. The van der Waals surface area contributed by atoms with E-state index in [1.165, 1.54) is 18.6 Å². The summed E-state index contributed by atoms with van der Waals surface area (Å²) in [5.41, 5.74) is 3.37. The Morgan fingerprint density at radius 2 is 2.07 bits per heavy atom. The van der Waals surface area contributed by atoms with E-state index in [1.54, 1.807) is 0 Å². The van der Waals surface area contributed by atoms with Gasteiger partial charge in [-0.15, -0.1) is 5.10 Å². The Kier molecular flexibility index (Phi) is 3.49. The van der Waals surface area contributed by atoms with Crippen molar-refractivity contribution < 1.29 is 9.28 Å². The van der Waals surface area contributed by atoms with Crippen LogP contribution in [0.1, 0.15) is 23.2 Å². The van der Waals surface area contributed by atoms with Crippen LogP contribution in [0, 0.1) is 0 Å². The third-order valence-electron chi connectivity index (χ3n) is 5.00. The summed E-state index contributed by atoms with van der Waals surface area (Å²) >= 11 is 0. The van der Waals surface area contributed by atoms with Gasteiger partial charge in [0.1, 0.15) is 17.8 Å². The Balaban J connectivity index is 1.75. The van der Waals surface area contributed by atoms with Gasteiger partial charge in [-0.25, -0.2) is 4.98 Å². The summed E-state index contributed by atoms with van der Waals surface area (Å²) in [7, 11) is 0. The summed E-state index contributed by atoms with van der Waals surface area (Å²) in [5.74, 6) is 0.0946. The summed E-state index contributed by atoms with van der Waals surface area (Å²) < 4.78 is 14.4. The number of ketones is 1. The molecule has 2 atom stereocenters. The predicted octanol–water partition coefficient (Wildman–Crippen LogP) is 2.11. The van der Waals surface area contributed by atoms with Gasteiger partial charge in [-0.3, -0.25) is 9.89 Å². The molecule has 27 heavy (non-hydrogen) atoms. The number of nitrogens with one attached hydrogen (secondary N) is 2. The molecule has 1 aromatic carbocycles. The van der Waals surface area contributed by atoms with Crippen molar-refractivity contribution in [3.05, 3.63) is 82.7 Å². The minimum Gasteiger partial charge on any atom is -0.380 e. The van der Waals surface area contributed by atoms with Gasteiger partial charge in [0.15, 0.2) is 5.78 Å². The second kappa shape index (κ2) is 6.01. The van der Waals surface area contributed by atoms with Gasteiger partial charge in [0.25, 0.3) is 0 Å². The molecule has 0 fully saturated rings. The van der Waals surface area contributed by atoms with Crippen LogP contribution in [-0.4, -0.2) is 39.0 Å². The number of carbonyl (C=O) groups is 1. The summed E-state index contributed by atoms with van der Waals surface area (Å²) in [6.45, 7) is 0.0790. The highest BCUT2D eigenvalue weighted by Gasteiger charge is 2.40. The van der Waals surface area contributed by atoms with E-state index in [2.05, 4.69) is 25.6 Å². The second-order valence-corrected chi connectivity index (χ2v) is 6.55. The van der Waals surface area contributed by atoms with Gasteiger partial charge < -0.3 is 5.32 Å². The number of allylic oxidation sites excluding steroid dienone is 3. The molecule has 0 saturated carbocycles. The Morgan fingerprint density at radius 3 is 2.85 bits per heavy atom. The van der Waals surface area contributed by atoms with Crippen molar-refractivity contribution in [3.63, 3.8) is 0 Å². The van der Waals surface area contributed by atoms with Gasteiger partial charge in [-0.2, -0.15) is 5.10 Å². The molecule has 0 radical (unpaired) electrons. The van der Waals surface area contributed by atoms with Gasteiger partial charge in [0.2, 0.25) is 0 Å². The van der Waals surface area contributed by atoms with Crippen LogP contribution in [0.4, 0.5) is 4.48 Å². The highest BCUT2D eigenvalue weighted by Crippen LogP contribution is 2.47. The zero-order valence-corrected chi connectivity index (χ0v) is 14.1. The van der Waals surface area contributed by atoms with Gasteiger partial charge >= 0.3 is 0 Å². The lowest BCUT2D eigenvalue weighted by Crippen LogP contribution is -2.32. The molecule has 134 valence electrons. The minimum absolute atomic E-state index is 0.0764. The number of hydrogen-bond acceptors (Lipinski definition) is 6. The Labute approximate surface area is 153 Å². The predicted molar refractivity (Wildman–Crippen MR) is 95.9 cm³/mol. The first kappa shape index (κ1) is 15.7. The van der Waals surface area contributed by atoms with Crippen molar-refractivity contribution in [3.8, 4) is 0 Å². The van der Waals surface area contributed by atoms with Crippen molar-refractivity contribution >= 4 is 12.0 Å². The third-order valence-corrected chi connectivity index (χ3v) is 5.00. The van der Waals surface area contributed by atoms with Crippen molar-refractivity contribution in [2.75, 3.05) is 6.54 Å². The zero-order valence-electron chi connectivity index (χ0n) is 14.1. The monoisotopic (exact) mass is 362 g/mol. The molecule has 0 saturated heterocycles. The fourth-order valence-corrected chi connectivity index (χ4v) is 3.87. The first-order valence-corrected chi connectivity index (χ1v) is 8.57. The second-order valence-electron chi connectivity index (χ2n) is 6.55. The standard InChI is InChI=1S/C19H15FN6O/c20-26-15-7-13(27)9-21-18-16(15)12(8-24-26)6-14(11-4-2-1-3-5-11)17(18)19-22-10-23-25-19/h1-8,10,14,17,21H,9H2,(H,22,23,25). The first-order valence-electron chi connectivity index (χ1n) is 8.57. The molecular formula is C19H15FN6O. The average molecular weight is 362 g/mol. The average Bonchev–Trinajstić information content (AvgIpc) is 3.16. The van der Waals surface area contributed by atoms with Crippen LogP contribution in [0.3, 0.4) is 0 Å². The molecule has 0 bridgehead atoms. The topological polar surface area (TPSA) is 86.3 Å². The third kappa shape index (κ3) is 2.49. The summed E-state index contributed by atoms with van der Waals surface area (Å²) in [5, 5.41) is 14.2. The molecule has 2 N–H and O–H groups in total. The van der Waals surface area contributed by atoms with E-state index < -0.39 is 0 Å². The van der Waals surface area contributed by atoms with E-state index in [1.807, 2.05) is 36.4 Å². The normalized spacial score (nSPS) is 24.0. The number of aromatic amines is 1. The number of halogens is 1. The quantitative estimate of drug-likeness (QED) is 0.799. The fourth-order valence-electron chi connectivity index (χ4n) is 3.87. The van der Waals surface area contributed by atoms with Crippen LogP contribution >= 0.6 is 0 Å². The molecule has 1 aromatic heterocycles. The molecule has 2 unspecified atom stereocenters. The SMILES string of the molecule is O=C1C=C2C3=C(NC1)C(c1ncn[nH]1)C(c1ccccc1)C=C3C=NN2F. The molecule has 2 aliphatic heterocycles. The number of hydrogen-bond donors (Lipinski definition) is 2. The lowest BCUT2D eigenvalue weighted by molar-refractivity contribution is -0.113. The summed E-state index contributed by atoms with van der Waals surface area (Å²) in [6, 6.07) is 9.99. The number of rotatable bonds is 2. The number of benzene rings is 1. The summed E-state index contributed by atoms with van der Waals surface area (Å²) in [4.78, 5) is 16.5. The minimum atomic E-state index is -0.261. The van der Waals surface area contributed by atoms with Gasteiger partial charge in [0, 0.05) is 28.8 Å². The molecule has 3 aliphatic rings. The maximum absolute atomic E-state index is 14.4. The van der Waals surface area contributed by atoms with Crippen molar-refractivity contribution in [2.45, 2.75) is 11.8 Å². The largest absolute Gasteiger partial charge is 0.380 e. The first-order chi connectivity index (χ1) is 13.2. The van der Waals surface area contributed by atoms with Gasteiger partial charge in [-0.05, 0) is 5.56 Å². The van der Waals surface area contributed by atoms with E-state index in [-0.39, 0.29) is 35.1 Å². The molecule has 3 heterocycles. The fraction of sp³-hybridized carbons (Fsp3) is 0.158. The lowest BCUT2D eigenvalue weighted by Gasteiger charge is -2.35. The zero-order chi connectivity index (χ0) is 18.4. The molecule has 0 amide bonds. The van der Waals surface area contributed by atoms with E-state index in [4.69, 9.17) is 0 Å². The van der Waals surface area contributed by atoms with E-state index in [0.717, 1.165) is 16.8 Å². The molecule has 0 spiro atoms. The number of hydrazone groups is 1. The highest BCUT2D eigenvalue weighted by atomic mass is 19.2. The Morgan fingerprint density at radius 1 is 1.22 bits per heavy atom. The van der Waals surface area contributed by atoms with E-state index in [0.29, 0.717) is 11.4 Å².